The molecule has 0 aliphatic rings. The molecular weight excluding hydrogens is 264 g/mol. The Hall–Kier alpha value is -2.55. The lowest BCUT2D eigenvalue weighted by Crippen LogP contribution is -2.05. The first-order valence-corrected chi connectivity index (χ1v) is 6.83. The number of hydrogen-bond donors (Lipinski definition) is 1. The molecule has 108 valence electrons. The molecule has 2 aromatic rings. The predicted octanol–water partition coefficient (Wildman–Crippen LogP) is 4.08. The highest BCUT2D eigenvalue weighted by Crippen LogP contribution is 2.15. The van der Waals surface area contributed by atoms with E-state index in [2.05, 4.69) is 0 Å². The summed E-state index contributed by atoms with van der Waals surface area (Å²) in [6, 6.07) is 13.8. The summed E-state index contributed by atoms with van der Waals surface area (Å²) in [4.78, 5) is 12.0. The molecule has 0 aliphatic carbocycles. The van der Waals surface area contributed by atoms with Crippen LogP contribution < -0.4 is 4.74 Å². The van der Waals surface area contributed by atoms with Crippen LogP contribution >= 0.6 is 0 Å². The second-order valence-electron chi connectivity index (χ2n) is 4.98. The molecule has 3 nitrogen and oxygen atoms in total. The Kier molecular flexibility index (Phi) is 4.77. The average molecular weight is 282 g/mol. The first kappa shape index (κ1) is 14.9. The normalized spacial score (nSPS) is 11.0. The molecule has 0 aliphatic heterocycles. The molecule has 0 unspecified atom stereocenters. The second kappa shape index (κ2) is 6.75. The number of ketones is 1. The number of benzene rings is 2. The zero-order valence-electron chi connectivity index (χ0n) is 12.1. The number of phenolic OH excluding ortho intramolecular Hbond substituents is 1. The molecule has 0 fully saturated rings. The van der Waals surface area contributed by atoms with Gasteiger partial charge in [-0.25, -0.2) is 0 Å². The molecule has 21 heavy (non-hydrogen) atoms. The molecule has 0 saturated heterocycles. The zero-order valence-corrected chi connectivity index (χ0v) is 12.1. The monoisotopic (exact) mass is 282 g/mol. The fourth-order valence-corrected chi connectivity index (χ4v) is 1.82. The van der Waals surface area contributed by atoms with Crippen molar-refractivity contribution in [3.05, 3.63) is 65.7 Å². The van der Waals surface area contributed by atoms with Crippen LogP contribution in [0.4, 0.5) is 0 Å². The highest BCUT2D eigenvalue weighted by Gasteiger charge is 2.03. The Morgan fingerprint density at radius 3 is 2.24 bits per heavy atom. The van der Waals surface area contributed by atoms with Gasteiger partial charge in [0.25, 0.3) is 0 Å². The van der Waals surface area contributed by atoms with E-state index in [4.69, 9.17) is 4.74 Å². The maximum Gasteiger partial charge on any atom is 0.185 e. The number of carbonyl (C=O) groups excluding carboxylic acids is 1. The van der Waals surface area contributed by atoms with E-state index in [1.165, 1.54) is 6.08 Å². The summed E-state index contributed by atoms with van der Waals surface area (Å²) in [6.07, 6.45) is 3.35. The van der Waals surface area contributed by atoms with Crippen molar-refractivity contribution in [2.24, 2.45) is 0 Å². The topological polar surface area (TPSA) is 46.5 Å². The SMILES string of the molecule is CC(C)Oc1ccc(C(=O)/C=C/c2ccc(O)cc2)cc1. The van der Waals surface area contributed by atoms with Crippen molar-refractivity contribution in [2.75, 3.05) is 0 Å². The number of ether oxygens (including phenoxy) is 1. The fourth-order valence-electron chi connectivity index (χ4n) is 1.82. The molecule has 2 aromatic carbocycles. The largest absolute Gasteiger partial charge is 0.508 e. The third-order valence-corrected chi connectivity index (χ3v) is 2.83. The Morgan fingerprint density at radius 2 is 1.67 bits per heavy atom. The molecule has 0 amide bonds. The summed E-state index contributed by atoms with van der Waals surface area (Å²) in [5.74, 6) is 0.891. The summed E-state index contributed by atoms with van der Waals surface area (Å²) in [7, 11) is 0. The summed E-state index contributed by atoms with van der Waals surface area (Å²) in [5.41, 5.74) is 1.47. The molecule has 0 atom stereocenters. The number of carbonyl (C=O) groups is 1. The smallest absolute Gasteiger partial charge is 0.185 e. The molecule has 0 spiro atoms. The van der Waals surface area contributed by atoms with E-state index in [1.54, 1.807) is 54.6 Å². The second-order valence-corrected chi connectivity index (χ2v) is 4.98. The lowest BCUT2D eigenvalue weighted by Gasteiger charge is -2.09. The summed E-state index contributed by atoms with van der Waals surface area (Å²) < 4.78 is 5.54. The third-order valence-electron chi connectivity index (χ3n) is 2.83. The Labute approximate surface area is 124 Å². The van der Waals surface area contributed by atoms with E-state index in [1.807, 2.05) is 13.8 Å². The highest BCUT2D eigenvalue weighted by atomic mass is 16.5. The van der Waals surface area contributed by atoms with Crippen LogP contribution in [0, 0.1) is 0 Å². The first-order chi connectivity index (χ1) is 10.0. The number of allylic oxidation sites excluding steroid dienone is 1. The van der Waals surface area contributed by atoms with Crippen LogP contribution in [0.15, 0.2) is 54.6 Å². The zero-order chi connectivity index (χ0) is 15.2. The van der Waals surface area contributed by atoms with Gasteiger partial charge in [-0.15, -0.1) is 0 Å². The minimum atomic E-state index is -0.0702. The number of rotatable bonds is 5. The highest BCUT2D eigenvalue weighted by molar-refractivity contribution is 6.06. The molecule has 1 N–H and O–H groups in total. The van der Waals surface area contributed by atoms with Crippen molar-refractivity contribution in [3.63, 3.8) is 0 Å². The van der Waals surface area contributed by atoms with E-state index in [0.29, 0.717) is 5.56 Å². The van der Waals surface area contributed by atoms with Crippen molar-refractivity contribution in [2.45, 2.75) is 20.0 Å². The molecule has 2 rings (SSSR count). The van der Waals surface area contributed by atoms with Crippen LogP contribution in [0.3, 0.4) is 0 Å². The molecular formula is C18H18O3. The summed E-state index contributed by atoms with van der Waals surface area (Å²) in [6.45, 7) is 3.92. The minimum absolute atomic E-state index is 0.0702. The fraction of sp³-hybridized carbons (Fsp3) is 0.167. The van der Waals surface area contributed by atoms with E-state index >= 15 is 0 Å². The number of hydrogen-bond acceptors (Lipinski definition) is 3. The van der Waals surface area contributed by atoms with Gasteiger partial charge in [0.15, 0.2) is 5.78 Å². The lowest BCUT2D eigenvalue weighted by molar-refractivity contribution is 0.104. The lowest BCUT2D eigenvalue weighted by atomic mass is 10.1. The van der Waals surface area contributed by atoms with Crippen LogP contribution in [0.25, 0.3) is 6.08 Å². The van der Waals surface area contributed by atoms with Crippen LogP contribution in [-0.2, 0) is 0 Å². The van der Waals surface area contributed by atoms with Gasteiger partial charge >= 0.3 is 0 Å². The van der Waals surface area contributed by atoms with Crippen molar-refractivity contribution in [1.29, 1.82) is 0 Å². The number of aromatic hydroxyl groups is 1. The van der Waals surface area contributed by atoms with Crippen LogP contribution in [0.1, 0.15) is 29.8 Å². The van der Waals surface area contributed by atoms with Gasteiger partial charge in [-0.3, -0.25) is 4.79 Å². The quantitative estimate of drug-likeness (QED) is 0.664. The van der Waals surface area contributed by atoms with Crippen molar-refractivity contribution < 1.29 is 14.6 Å². The van der Waals surface area contributed by atoms with E-state index in [0.717, 1.165) is 11.3 Å². The predicted molar refractivity (Wildman–Crippen MR) is 83.7 cm³/mol. The Balaban J connectivity index is 2.04. The minimum Gasteiger partial charge on any atom is -0.508 e. The van der Waals surface area contributed by atoms with Gasteiger partial charge in [-0.05, 0) is 61.9 Å². The number of phenols is 1. The van der Waals surface area contributed by atoms with Crippen molar-refractivity contribution in [3.8, 4) is 11.5 Å². The van der Waals surface area contributed by atoms with Gasteiger partial charge in [-0.1, -0.05) is 18.2 Å². The van der Waals surface area contributed by atoms with Gasteiger partial charge in [0, 0.05) is 5.56 Å². The van der Waals surface area contributed by atoms with Gasteiger partial charge in [0.2, 0.25) is 0 Å². The molecule has 0 saturated carbocycles. The Morgan fingerprint density at radius 1 is 1.05 bits per heavy atom. The van der Waals surface area contributed by atoms with Gasteiger partial charge in [0.1, 0.15) is 11.5 Å². The van der Waals surface area contributed by atoms with Crippen LogP contribution in [0.5, 0.6) is 11.5 Å². The Bertz CT molecular complexity index is 623. The molecule has 0 heterocycles. The van der Waals surface area contributed by atoms with E-state index < -0.39 is 0 Å². The van der Waals surface area contributed by atoms with Crippen LogP contribution in [-0.4, -0.2) is 17.0 Å². The van der Waals surface area contributed by atoms with Crippen molar-refractivity contribution in [1.82, 2.24) is 0 Å². The first-order valence-electron chi connectivity index (χ1n) is 6.83. The van der Waals surface area contributed by atoms with E-state index in [9.17, 15) is 9.90 Å². The molecule has 0 bridgehead atoms. The molecule has 3 heteroatoms. The maximum atomic E-state index is 12.0. The standard InChI is InChI=1S/C18H18O3/c1-13(2)21-17-10-6-15(7-11-17)18(20)12-5-14-3-8-16(19)9-4-14/h3-13,19H,1-2H3/b12-5+. The summed E-state index contributed by atoms with van der Waals surface area (Å²) >= 11 is 0. The van der Waals surface area contributed by atoms with Gasteiger partial charge in [0.05, 0.1) is 6.10 Å². The van der Waals surface area contributed by atoms with Crippen molar-refractivity contribution >= 4 is 11.9 Å². The molecule has 0 aromatic heterocycles. The van der Waals surface area contributed by atoms with Crippen LogP contribution in [0.2, 0.25) is 0 Å². The van der Waals surface area contributed by atoms with E-state index in [-0.39, 0.29) is 17.6 Å². The average Bonchev–Trinajstić information content (AvgIpc) is 2.46. The molecule has 0 radical (unpaired) electrons. The maximum absolute atomic E-state index is 12.0. The summed E-state index contributed by atoms with van der Waals surface area (Å²) in [5, 5.41) is 9.20. The van der Waals surface area contributed by atoms with Gasteiger partial charge < -0.3 is 9.84 Å². The third kappa shape index (κ3) is 4.49. The van der Waals surface area contributed by atoms with Gasteiger partial charge in [-0.2, -0.15) is 0 Å².